The average Bonchev–Trinajstić information content (AvgIpc) is 3.18. The summed E-state index contributed by atoms with van der Waals surface area (Å²) in [6.45, 7) is 1.46. The minimum absolute atomic E-state index is 0. The number of fused-ring (bicyclic) bond motifs is 1. The van der Waals surface area contributed by atoms with Crippen LogP contribution in [0.4, 0.5) is 5.13 Å². The fourth-order valence-electron chi connectivity index (χ4n) is 2.52. The Bertz CT molecular complexity index is 892. The number of hydrogen-bond acceptors (Lipinski definition) is 5. The number of hydrogen-bond donors (Lipinski definition) is 0. The fourth-order valence-corrected chi connectivity index (χ4v) is 3.80. The summed E-state index contributed by atoms with van der Waals surface area (Å²) in [5.41, 5.74) is 1.15. The molecule has 0 aliphatic heterocycles. The van der Waals surface area contributed by atoms with E-state index in [2.05, 4.69) is 15.0 Å². The molecule has 1 amide bonds. The smallest absolute Gasteiger partial charge is 0.280 e. The van der Waals surface area contributed by atoms with Gasteiger partial charge in [-0.1, -0.05) is 29.0 Å². The summed E-state index contributed by atoms with van der Waals surface area (Å²) in [5, 5.41) is 5.48. The summed E-state index contributed by atoms with van der Waals surface area (Å²) in [5.74, 6) is -0.144. The lowest BCUT2D eigenvalue weighted by Crippen LogP contribution is -2.33. The van der Waals surface area contributed by atoms with Crippen LogP contribution < -0.4 is 4.90 Å². The predicted molar refractivity (Wildman–Crippen MR) is 110 cm³/mol. The van der Waals surface area contributed by atoms with E-state index in [0.29, 0.717) is 22.4 Å². The largest absolute Gasteiger partial charge is 0.309 e. The minimum atomic E-state index is -0.144. The predicted octanol–water partition coefficient (Wildman–Crippen LogP) is 3.70. The molecule has 9 heteroatoms. The topological polar surface area (TPSA) is 54.3 Å². The van der Waals surface area contributed by atoms with Gasteiger partial charge in [0.2, 0.25) is 0 Å². The summed E-state index contributed by atoms with van der Waals surface area (Å²) in [6.07, 6.45) is 2.61. The second-order valence-electron chi connectivity index (χ2n) is 6.07. The molecule has 0 aliphatic rings. The monoisotopic (exact) mass is 413 g/mol. The van der Waals surface area contributed by atoms with Crippen LogP contribution in [0.5, 0.6) is 0 Å². The summed E-state index contributed by atoms with van der Waals surface area (Å²) < 4.78 is 2.59. The number of anilines is 1. The van der Waals surface area contributed by atoms with Crippen LogP contribution in [-0.4, -0.2) is 52.8 Å². The van der Waals surface area contributed by atoms with Crippen molar-refractivity contribution in [3.8, 4) is 0 Å². The molecule has 0 N–H and O–H groups in total. The summed E-state index contributed by atoms with van der Waals surface area (Å²) in [4.78, 5) is 21.4. The first-order valence-electron chi connectivity index (χ1n) is 7.97. The SMILES string of the molecule is CN(C)CCCN(C(=O)c1ccn(C)n1)c1nc2c(Cl)cccc2s1.Cl. The van der Waals surface area contributed by atoms with Gasteiger partial charge in [-0.25, -0.2) is 4.98 Å². The molecule has 140 valence electrons. The number of thiazole rings is 1. The van der Waals surface area contributed by atoms with E-state index in [-0.39, 0.29) is 18.3 Å². The standard InChI is InChI=1S/C17H20ClN5OS.ClH/c1-21(2)9-5-10-23(16(24)13-8-11-22(3)20-13)17-19-15-12(18)6-4-7-14(15)25-17;/h4,6-8,11H,5,9-10H2,1-3H3;1H. The molecule has 2 aromatic heterocycles. The lowest BCUT2D eigenvalue weighted by Gasteiger charge is -2.20. The van der Waals surface area contributed by atoms with Crippen LogP contribution in [0.2, 0.25) is 5.02 Å². The van der Waals surface area contributed by atoms with Crippen LogP contribution in [0.1, 0.15) is 16.9 Å². The first-order valence-corrected chi connectivity index (χ1v) is 9.16. The molecule has 0 saturated carbocycles. The minimum Gasteiger partial charge on any atom is -0.309 e. The molecule has 0 radical (unpaired) electrons. The van der Waals surface area contributed by atoms with Crippen molar-refractivity contribution in [1.29, 1.82) is 0 Å². The maximum Gasteiger partial charge on any atom is 0.280 e. The molecular weight excluding hydrogens is 393 g/mol. The van der Waals surface area contributed by atoms with Crippen molar-refractivity contribution in [2.45, 2.75) is 6.42 Å². The Morgan fingerprint density at radius 1 is 1.27 bits per heavy atom. The molecule has 0 spiro atoms. The van der Waals surface area contributed by atoms with Gasteiger partial charge in [0, 0.05) is 19.8 Å². The third-order valence-corrected chi connectivity index (χ3v) is 5.10. The maximum atomic E-state index is 13.0. The van der Waals surface area contributed by atoms with Gasteiger partial charge in [-0.15, -0.1) is 12.4 Å². The molecule has 0 bridgehead atoms. The lowest BCUT2D eigenvalue weighted by atomic mass is 10.3. The Morgan fingerprint density at radius 3 is 2.65 bits per heavy atom. The molecule has 3 rings (SSSR count). The summed E-state index contributed by atoms with van der Waals surface area (Å²) in [7, 11) is 5.83. The van der Waals surface area contributed by atoms with Crippen LogP contribution in [-0.2, 0) is 7.05 Å². The zero-order valence-electron chi connectivity index (χ0n) is 14.8. The number of rotatable bonds is 6. The average molecular weight is 414 g/mol. The van der Waals surface area contributed by atoms with Crippen molar-refractivity contribution < 1.29 is 4.79 Å². The Morgan fingerprint density at radius 2 is 2.04 bits per heavy atom. The third kappa shape index (κ3) is 4.54. The van der Waals surface area contributed by atoms with Crippen molar-refractivity contribution in [1.82, 2.24) is 19.7 Å². The van der Waals surface area contributed by atoms with Crippen LogP contribution in [0, 0.1) is 0 Å². The van der Waals surface area contributed by atoms with Gasteiger partial charge in [0.15, 0.2) is 10.8 Å². The van der Waals surface area contributed by atoms with Crippen molar-refractivity contribution in [3.63, 3.8) is 0 Å². The number of benzene rings is 1. The summed E-state index contributed by atoms with van der Waals surface area (Å²) >= 11 is 7.71. The fraction of sp³-hybridized carbons (Fsp3) is 0.353. The second kappa shape index (κ2) is 8.81. The molecule has 26 heavy (non-hydrogen) atoms. The molecule has 3 aromatic rings. The van der Waals surface area contributed by atoms with Gasteiger partial charge in [-0.3, -0.25) is 14.4 Å². The molecule has 0 aliphatic carbocycles. The second-order valence-corrected chi connectivity index (χ2v) is 7.49. The first-order chi connectivity index (χ1) is 12.0. The van der Waals surface area contributed by atoms with E-state index < -0.39 is 0 Å². The molecule has 2 heterocycles. The maximum absolute atomic E-state index is 13.0. The molecular formula is C17H21Cl2N5OS. The molecule has 0 atom stereocenters. The normalized spacial score (nSPS) is 11.0. The number of aryl methyl sites for hydroxylation is 1. The number of aromatic nitrogens is 3. The quantitative estimate of drug-likeness (QED) is 0.617. The Balaban J connectivity index is 0.00000243. The highest BCUT2D eigenvalue weighted by Gasteiger charge is 2.23. The van der Waals surface area contributed by atoms with Gasteiger partial charge >= 0.3 is 0 Å². The molecule has 6 nitrogen and oxygen atoms in total. The number of nitrogens with zero attached hydrogens (tertiary/aromatic N) is 5. The third-order valence-electron chi connectivity index (χ3n) is 3.75. The van der Waals surface area contributed by atoms with Crippen LogP contribution >= 0.6 is 35.3 Å². The molecule has 1 aromatic carbocycles. The highest BCUT2D eigenvalue weighted by atomic mass is 35.5. The number of halogens is 2. The van der Waals surface area contributed by atoms with Crippen LogP contribution in [0.3, 0.4) is 0 Å². The molecule has 0 saturated heterocycles. The van der Waals surface area contributed by atoms with Crippen molar-refractivity contribution in [3.05, 3.63) is 41.2 Å². The zero-order valence-corrected chi connectivity index (χ0v) is 17.2. The molecule has 0 fully saturated rings. The van der Waals surface area contributed by atoms with E-state index in [4.69, 9.17) is 11.6 Å². The number of amides is 1. The number of para-hydroxylation sites is 1. The van der Waals surface area contributed by atoms with E-state index in [9.17, 15) is 4.79 Å². The van der Waals surface area contributed by atoms with Crippen molar-refractivity contribution in [2.75, 3.05) is 32.1 Å². The van der Waals surface area contributed by atoms with E-state index in [1.54, 1.807) is 28.9 Å². The van der Waals surface area contributed by atoms with Gasteiger partial charge in [0.25, 0.3) is 5.91 Å². The van der Waals surface area contributed by atoms with E-state index in [1.807, 2.05) is 32.3 Å². The number of carbonyl (C=O) groups excluding carboxylic acids is 1. The Labute approximate surface area is 167 Å². The zero-order chi connectivity index (χ0) is 18.0. The highest BCUT2D eigenvalue weighted by molar-refractivity contribution is 7.22. The van der Waals surface area contributed by atoms with Gasteiger partial charge in [0.05, 0.1) is 9.72 Å². The lowest BCUT2D eigenvalue weighted by molar-refractivity contribution is 0.0980. The van der Waals surface area contributed by atoms with Crippen LogP contribution in [0.25, 0.3) is 10.2 Å². The summed E-state index contributed by atoms with van der Waals surface area (Å²) in [6, 6.07) is 7.39. The van der Waals surface area contributed by atoms with Crippen molar-refractivity contribution in [2.24, 2.45) is 7.05 Å². The number of carbonyl (C=O) groups is 1. The van der Waals surface area contributed by atoms with Crippen LogP contribution in [0.15, 0.2) is 30.5 Å². The highest BCUT2D eigenvalue weighted by Crippen LogP contribution is 2.33. The van der Waals surface area contributed by atoms with E-state index >= 15 is 0 Å². The van der Waals surface area contributed by atoms with Gasteiger partial charge in [-0.2, -0.15) is 5.10 Å². The van der Waals surface area contributed by atoms with Crippen molar-refractivity contribution >= 4 is 56.6 Å². The van der Waals surface area contributed by atoms with Gasteiger partial charge < -0.3 is 4.90 Å². The first kappa shape index (κ1) is 20.6. The molecule has 0 unspecified atom stereocenters. The van der Waals surface area contributed by atoms with E-state index in [1.165, 1.54) is 11.3 Å². The van der Waals surface area contributed by atoms with Gasteiger partial charge in [0.1, 0.15) is 5.52 Å². The van der Waals surface area contributed by atoms with Gasteiger partial charge in [-0.05, 0) is 45.3 Å². The Kier molecular flexibility index (Phi) is 7.00. The van der Waals surface area contributed by atoms with E-state index in [0.717, 1.165) is 23.2 Å². The Hall–Kier alpha value is -1.67.